The summed E-state index contributed by atoms with van der Waals surface area (Å²) in [5, 5.41) is 16.7. The van der Waals surface area contributed by atoms with Crippen LogP contribution in [0.15, 0.2) is 237 Å². The Morgan fingerprint density at radius 3 is 1.67 bits per heavy atom. The van der Waals surface area contributed by atoms with E-state index in [0.29, 0.717) is 17.5 Å². The van der Waals surface area contributed by atoms with Crippen LogP contribution >= 0.6 is 11.3 Å². The van der Waals surface area contributed by atoms with Gasteiger partial charge in [-0.1, -0.05) is 158 Å². The quantitative estimate of drug-likeness (QED) is 0.173. The van der Waals surface area contributed by atoms with Gasteiger partial charge in [-0.2, -0.15) is 0 Å². The van der Waals surface area contributed by atoms with Crippen LogP contribution in [0.25, 0.3) is 152 Å². The van der Waals surface area contributed by atoms with Crippen LogP contribution in [0.4, 0.5) is 0 Å². The minimum Gasteiger partial charge on any atom is -0.309 e. The van der Waals surface area contributed by atoms with Crippen molar-refractivity contribution in [1.29, 1.82) is 0 Å². The summed E-state index contributed by atoms with van der Waals surface area (Å²) in [6.07, 6.45) is 0. The Kier molecular flexibility index (Phi) is 8.55. The SMILES string of the molecule is c1ccc(-n2c3ccccc3c3cc(-c4nc(-c5cc(-n6c7cc8ccccc8cc7c7c8ccccc8ccc76)c6c(c5)sc5cc7ccccc7cc56)nc(-c5cccc6ccccc56)n4)ccc32)cc1. The average molecular weight is 946 g/mol. The van der Waals surface area contributed by atoms with E-state index in [1.807, 2.05) is 11.3 Å². The largest absolute Gasteiger partial charge is 0.309 e. The third kappa shape index (κ3) is 6.11. The van der Waals surface area contributed by atoms with Crippen LogP contribution in [-0.2, 0) is 0 Å². The molecule has 12 aromatic carbocycles. The van der Waals surface area contributed by atoms with Crippen molar-refractivity contribution in [3.63, 3.8) is 0 Å². The van der Waals surface area contributed by atoms with Crippen molar-refractivity contribution in [2.75, 3.05) is 0 Å². The Bertz CT molecular complexity index is 4980. The molecule has 0 amide bonds. The number of fused-ring (bicyclic) bond motifs is 14. The highest BCUT2D eigenvalue weighted by atomic mass is 32.1. The lowest BCUT2D eigenvalue weighted by molar-refractivity contribution is 1.08. The van der Waals surface area contributed by atoms with Crippen LogP contribution in [0.1, 0.15) is 0 Å². The number of para-hydroxylation sites is 2. The van der Waals surface area contributed by atoms with Crippen molar-refractivity contribution in [1.82, 2.24) is 24.1 Å². The van der Waals surface area contributed by atoms with Crippen LogP contribution < -0.4 is 0 Å². The second kappa shape index (κ2) is 15.5. The summed E-state index contributed by atoms with van der Waals surface area (Å²) in [7, 11) is 0. The molecule has 0 fully saturated rings. The second-order valence-corrected chi connectivity index (χ2v) is 20.2. The van der Waals surface area contributed by atoms with Crippen molar-refractivity contribution in [3.8, 4) is 45.5 Å². The van der Waals surface area contributed by atoms with E-state index in [1.165, 1.54) is 63.9 Å². The van der Waals surface area contributed by atoms with Crippen LogP contribution in [0.5, 0.6) is 0 Å². The molecule has 16 rings (SSSR count). The molecule has 0 aliphatic carbocycles. The third-order valence-corrected chi connectivity index (χ3v) is 16.2. The van der Waals surface area contributed by atoms with Gasteiger partial charge < -0.3 is 9.13 Å². The minimum absolute atomic E-state index is 0.613. The van der Waals surface area contributed by atoms with E-state index in [-0.39, 0.29) is 0 Å². The number of hydrogen-bond acceptors (Lipinski definition) is 4. The summed E-state index contributed by atoms with van der Waals surface area (Å²) >= 11 is 1.83. The van der Waals surface area contributed by atoms with Crippen molar-refractivity contribution in [2.24, 2.45) is 0 Å². The van der Waals surface area contributed by atoms with Crippen LogP contribution in [0.3, 0.4) is 0 Å². The predicted octanol–water partition coefficient (Wildman–Crippen LogP) is 18.0. The summed E-state index contributed by atoms with van der Waals surface area (Å²) in [5.74, 6) is 1.86. The van der Waals surface area contributed by atoms with Gasteiger partial charge in [0.05, 0.1) is 27.8 Å². The molecule has 4 heterocycles. The maximum Gasteiger partial charge on any atom is 0.164 e. The van der Waals surface area contributed by atoms with Gasteiger partial charge in [-0.3, -0.25) is 0 Å². The maximum atomic E-state index is 5.53. The molecule has 4 aromatic heterocycles. The number of hydrogen-bond donors (Lipinski definition) is 0. The highest BCUT2D eigenvalue weighted by Gasteiger charge is 2.24. The molecule has 0 spiro atoms. The molecule has 0 bridgehead atoms. The first-order valence-corrected chi connectivity index (χ1v) is 25.6. The molecule has 0 aliphatic heterocycles. The standard InChI is InChI=1S/C67H39N5S/c1-2-22-48(23-3-1)71-56-28-13-12-26-51(56)53-35-46(30-31-57(53)71)65-68-66(70-67(69-65)52-27-14-21-40-15-8-10-24-49(40)52)47-37-60(64-55-34-43-18-5-7-20-45(43)38-61(55)73-62(64)39-47)72-58-32-29-41-16-9-11-25-50(41)63(58)54-33-42-17-4-6-19-44(42)36-59(54)72/h1-39H. The zero-order valence-corrected chi connectivity index (χ0v) is 40.0. The summed E-state index contributed by atoms with van der Waals surface area (Å²) in [6.45, 7) is 0. The van der Waals surface area contributed by atoms with Gasteiger partial charge in [0.15, 0.2) is 17.5 Å². The predicted molar refractivity (Wildman–Crippen MR) is 308 cm³/mol. The van der Waals surface area contributed by atoms with E-state index < -0.39 is 0 Å². The van der Waals surface area contributed by atoms with Crippen molar-refractivity contribution in [3.05, 3.63) is 237 Å². The Labute approximate surface area is 422 Å². The van der Waals surface area contributed by atoms with Crippen molar-refractivity contribution in [2.45, 2.75) is 0 Å². The molecule has 338 valence electrons. The van der Waals surface area contributed by atoms with E-state index in [1.54, 1.807) is 0 Å². The van der Waals surface area contributed by atoms with Crippen LogP contribution in [-0.4, -0.2) is 24.1 Å². The van der Waals surface area contributed by atoms with E-state index >= 15 is 0 Å². The normalized spacial score (nSPS) is 12.1. The molecule has 16 aromatic rings. The highest BCUT2D eigenvalue weighted by molar-refractivity contribution is 7.26. The van der Waals surface area contributed by atoms with Gasteiger partial charge >= 0.3 is 0 Å². The number of benzene rings is 12. The molecule has 6 heteroatoms. The molecule has 0 unspecified atom stereocenters. The Morgan fingerprint density at radius 2 is 0.877 bits per heavy atom. The van der Waals surface area contributed by atoms with Gasteiger partial charge in [-0.25, -0.2) is 15.0 Å². The summed E-state index contributed by atoms with van der Waals surface area (Å²) in [6, 6.07) is 85.8. The lowest BCUT2D eigenvalue weighted by Gasteiger charge is -2.15. The Morgan fingerprint density at radius 1 is 0.288 bits per heavy atom. The molecular weight excluding hydrogens is 907 g/mol. The van der Waals surface area contributed by atoms with Crippen molar-refractivity contribution >= 4 is 118 Å². The van der Waals surface area contributed by atoms with Gasteiger partial charge in [-0.15, -0.1) is 11.3 Å². The van der Waals surface area contributed by atoms with Crippen LogP contribution in [0, 0.1) is 0 Å². The van der Waals surface area contributed by atoms with Crippen LogP contribution in [0.2, 0.25) is 0 Å². The molecule has 0 atom stereocenters. The number of aromatic nitrogens is 5. The summed E-state index contributed by atoms with van der Waals surface area (Å²) < 4.78 is 7.26. The molecule has 0 radical (unpaired) electrons. The monoisotopic (exact) mass is 945 g/mol. The molecule has 0 saturated heterocycles. The van der Waals surface area contributed by atoms with E-state index in [9.17, 15) is 0 Å². The zero-order chi connectivity index (χ0) is 47.7. The first kappa shape index (κ1) is 40.3. The second-order valence-electron chi connectivity index (χ2n) is 19.2. The molecule has 0 aliphatic rings. The fraction of sp³-hybridized carbons (Fsp3) is 0. The number of rotatable bonds is 5. The molecular formula is C67H39N5S. The molecule has 0 saturated carbocycles. The van der Waals surface area contributed by atoms with E-state index in [0.717, 1.165) is 71.0 Å². The third-order valence-electron chi connectivity index (χ3n) is 15.1. The molecule has 5 nitrogen and oxygen atoms in total. The lowest BCUT2D eigenvalue weighted by atomic mass is 10.0. The lowest BCUT2D eigenvalue weighted by Crippen LogP contribution is -2.02. The van der Waals surface area contributed by atoms with E-state index in [2.05, 4.69) is 246 Å². The van der Waals surface area contributed by atoms with Gasteiger partial charge in [0.1, 0.15) is 0 Å². The summed E-state index contributed by atoms with van der Waals surface area (Å²) in [4.78, 5) is 16.5. The highest BCUT2D eigenvalue weighted by Crippen LogP contribution is 2.46. The molecule has 0 N–H and O–H groups in total. The fourth-order valence-electron chi connectivity index (χ4n) is 11.7. The van der Waals surface area contributed by atoms with Gasteiger partial charge in [-0.05, 0) is 122 Å². The van der Waals surface area contributed by atoms with Gasteiger partial charge in [0.25, 0.3) is 0 Å². The van der Waals surface area contributed by atoms with Crippen molar-refractivity contribution < 1.29 is 0 Å². The van der Waals surface area contributed by atoms with E-state index in [4.69, 9.17) is 15.0 Å². The first-order valence-electron chi connectivity index (χ1n) is 24.7. The zero-order valence-electron chi connectivity index (χ0n) is 39.2. The number of nitrogens with zero attached hydrogens (tertiary/aromatic N) is 5. The topological polar surface area (TPSA) is 48.5 Å². The minimum atomic E-state index is 0.613. The summed E-state index contributed by atoms with van der Waals surface area (Å²) in [5.41, 5.74) is 9.58. The average Bonchev–Trinajstić information content (AvgIpc) is 4.10. The maximum absolute atomic E-state index is 5.53. The molecule has 73 heavy (non-hydrogen) atoms. The Balaban J connectivity index is 1.01. The number of thiophene rings is 1. The van der Waals surface area contributed by atoms with Gasteiger partial charge in [0, 0.05) is 64.1 Å². The Hall–Kier alpha value is -9.49. The van der Waals surface area contributed by atoms with Gasteiger partial charge in [0.2, 0.25) is 0 Å². The first-order chi connectivity index (χ1) is 36.2. The smallest absolute Gasteiger partial charge is 0.164 e. The fourth-order valence-corrected chi connectivity index (χ4v) is 12.9.